The Bertz CT molecular complexity index is 1990. The molecule has 11 nitrogen and oxygen atoms in total. The molecule has 1 saturated heterocycles. The van der Waals surface area contributed by atoms with Crippen molar-refractivity contribution in [3.05, 3.63) is 107 Å². The first kappa shape index (κ1) is 37.1. The summed E-state index contributed by atoms with van der Waals surface area (Å²) in [4.78, 5) is 19.0. The molecule has 0 spiro atoms. The number of hydrazine groups is 1. The van der Waals surface area contributed by atoms with Crippen molar-refractivity contribution in [3.8, 4) is 11.5 Å². The topological polar surface area (TPSA) is 137 Å². The monoisotopic (exact) mass is 724 g/mol. The van der Waals surface area contributed by atoms with E-state index >= 15 is 0 Å². The molecule has 1 aromatic heterocycles. The summed E-state index contributed by atoms with van der Waals surface area (Å²) in [7, 11) is 1.50. The summed E-state index contributed by atoms with van der Waals surface area (Å²) >= 11 is 4.46. The molecule has 0 aliphatic carbocycles. The summed E-state index contributed by atoms with van der Waals surface area (Å²) < 4.78 is 20.0. The number of rotatable bonds is 13. The zero-order chi connectivity index (χ0) is 36.5. The van der Waals surface area contributed by atoms with E-state index in [1.165, 1.54) is 7.05 Å². The Hall–Kier alpha value is -4.72. The predicted molar refractivity (Wildman–Crippen MR) is 211 cm³/mol. The smallest absolute Gasteiger partial charge is 0.355 e. The molecule has 0 saturated carbocycles. The number of thiol groups is 1. The zero-order valence-electron chi connectivity index (χ0n) is 29.7. The van der Waals surface area contributed by atoms with Crippen LogP contribution in [0.3, 0.4) is 0 Å². The van der Waals surface area contributed by atoms with Gasteiger partial charge in [-0.1, -0.05) is 67.4 Å². The minimum Gasteiger partial charge on any atom is -0.493 e. The second-order valence-electron chi connectivity index (χ2n) is 12.5. The van der Waals surface area contributed by atoms with Gasteiger partial charge in [0.05, 0.1) is 37.1 Å². The number of benzene rings is 4. The Morgan fingerprint density at radius 1 is 0.923 bits per heavy atom. The second-order valence-corrected chi connectivity index (χ2v) is 13.0. The van der Waals surface area contributed by atoms with Crippen LogP contribution < -0.4 is 31.0 Å². The van der Waals surface area contributed by atoms with Crippen LogP contribution in [-0.4, -0.2) is 86.1 Å². The Labute approximate surface area is 310 Å². The summed E-state index contributed by atoms with van der Waals surface area (Å²) in [5.74, 6) is 1.20. The number of piperazine rings is 1. The number of fused-ring (bicyclic) bond motifs is 2. The molecular weight excluding hydrogens is 677 g/mol. The maximum atomic E-state index is 13.3. The summed E-state index contributed by atoms with van der Waals surface area (Å²) in [6.45, 7) is 6.39. The fraction of sp³-hybridized carbons (Fsp3) is 0.325. The van der Waals surface area contributed by atoms with E-state index in [4.69, 9.17) is 14.2 Å². The first-order valence-corrected chi connectivity index (χ1v) is 18.2. The molecule has 4 aromatic carbocycles. The highest BCUT2D eigenvalue weighted by Crippen LogP contribution is 2.35. The molecule has 12 heteroatoms. The number of nitrogens with zero attached hydrogens (tertiary/aromatic N) is 2. The van der Waals surface area contributed by atoms with Gasteiger partial charge in [0.25, 0.3) is 0 Å². The molecule has 0 radical (unpaired) electrons. The van der Waals surface area contributed by atoms with Crippen LogP contribution in [0.2, 0.25) is 0 Å². The van der Waals surface area contributed by atoms with Crippen LogP contribution >= 0.6 is 12.8 Å². The first-order valence-electron chi connectivity index (χ1n) is 17.8. The number of aryl methyl sites for hydroxylation is 1. The van der Waals surface area contributed by atoms with Crippen LogP contribution in [0.25, 0.3) is 27.2 Å². The van der Waals surface area contributed by atoms with E-state index in [0.29, 0.717) is 25.1 Å². The number of aliphatic hydroxyl groups is 1. The summed E-state index contributed by atoms with van der Waals surface area (Å²) in [5.41, 5.74) is 16.8. The van der Waals surface area contributed by atoms with Crippen molar-refractivity contribution >= 4 is 51.7 Å². The molecule has 2 aliphatic heterocycles. The molecule has 1 atom stereocenters. The van der Waals surface area contributed by atoms with Gasteiger partial charge >= 0.3 is 5.97 Å². The number of aliphatic hydroxyl groups excluding tert-OH is 1. The lowest BCUT2D eigenvalue weighted by molar-refractivity contribution is 0.0519. The lowest BCUT2D eigenvalue weighted by Gasteiger charge is -2.33. The summed E-state index contributed by atoms with van der Waals surface area (Å²) in [5, 5.41) is 13.5. The summed E-state index contributed by atoms with van der Waals surface area (Å²) in [6, 6.07) is 28.0. The van der Waals surface area contributed by atoms with Gasteiger partial charge in [0.15, 0.2) is 0 Å². The molecule has 6 N–H and O–H groups in total. The number of nitrogens with two attached hydrogens (primary N) is 1. The number of hydrogen-bond acceptors (Lipinski definition) is 11. The third kappa shape index (κ3) is 8.16. The number of esters is 1. The Kier molecular flexibility index (Phi) is 12.6. The quantitative estimate of drug-likeness (QED) is 0.0539. The third-order valence-corrected chi connectivity index (χ3v) is 9.78. The number of aromatic amines is 1. The van der Waals surface area contributed by atoms with Gasteiger partial charge in [-0.25, -0.2) is 14.5 Å². The highest BCUT2D eigenvalue weighted by atomic mass is 32.1. The van der Waals surface area contributed by atoms with E-state index in [-0.39, 0.29) is 25.9 Å². The van der Waals surface area contributed by atoms with E-state index in [9.17, 15) is 9.90 Å². The highest BCUT2D eigenvalue weighted by molar-refractivity contribution is 7.77. The van der Waals surface area contributed by atoms with Crippen molar-refractivity contribution in [2.45, 2.75) is 25.8 Å². The van der Waals surface area contributed by atoms with Crippen LogP contribution in [0, 0.1) is 0 Å². The number of carbonyl (C=O) groups excluding carboxylic acids is 1. The molecule has 5 aromatic rings. The number of anilines is 1. The average Bonchev–Trinajstić information content (AvgIpc) is 3.78. The van der Waals surface area contributed by atoms with Gasteiger partial charge in [-0.3, -0.25) is 0 Å². The van der Waals surface area contributed by atoms with Gasteiger partial charge < -0.3 is 40.4 Å². The van der Waals surface area contributed by atoms with E-state index in [1.807, 2.05) is 58.9 Å². The van der Waals surface area contributed by atoms with Crippen LogP contribution in [0.15, 0.2) is 90.6 Å². The SMILES string of the molecule is CCOC(=O)c1[nH]c2c(C3=C(COc4ccc(N5CCN(S)CC5)cc4)NNC3CO)cccc2c1CCCOc1cccc2ccccc12.CN. The van der Waals surface area contributed by atoms with Gasteiger partial charge in [-0.05, 0) is 68.1 Å². The molecule has 1 unspecified atom stereocenters. The Morgan fingerprint density at radius 3 is 2.42 bits per heavy atom. The largest absolute Gasteiger partial charge is 0.493 e. The molecule has 0 amide bonds. The van der Waals surface area contributed by atoms with E-state index in [2.05, 4.69) is 69.6 Å². The van der Waals surface area contributed by atoms with Crippen molar-refractivity contribution in [2.24, 2.45) is 5.73 Å². The molecule has 52 heavy (non-hydrogen) atoms. The number of ether oxygens (including phenoxy) is 3. The minimum atomic E-state index is -0.394. The third-order valence-electron chi connectivity index (χ3n) is 9.38. The Morgan fingerprint density at radius 2 is 1.65 bits per heavy atom. The van der Waals surface area contributed by atoms with Crippen molar-refractivity contribution in [1.29, 1.82) is 0 Å². The van der Waals surface area contributed by atoms with E-state index < -0.39 is 5.97 Å². The number of H-pyrrole nitrogens is 1. The van der Waals surface area contributed by atoms with Gasteiger partial charge in [0.2, 0.25) is 0 Å². The Balaban J connectivity index is 0.00000228. The lowest BCUT2D eigenvalue weighted by atomic mass is 9.95. The fourth-order valence-corrected chi connectivity index (χ4v) is 7.05. The summed E-state index contributed by atoms with van der Waals surface area (Å²) in [6.07, 6.45) is 1.30. The number of hydrogen-bond donors (Lipinski definition) is 6. The molecule has 3 heterocycles. The molecule has 274 valence electrons. The normalized spacial score (nSPS) is 16.1. The van der Waals surface area contributed by atoms with E-state index in [0.717, 1.165) is 87.4 Å². The van der Waals surface area contributed by atoms with Crippen LogP contribution in [0.1, 0.15) is 35.0 Å². The van der Waals surface area contributed by atoms with Crippen molar-refractivity contribution in [1.82, 2.24) is 20.1 Å². The number of carbonyl (C=O) groups is 1. The molecule has 1 fully saturated rings. The average molecular weight is 725 g/mol. The van der Waals surface area contributed by atoms with Crippen LogP contribution in [0.5, 0.6) is 11.5 Å². The van der Waals surface area contributed by atoms with E-state index in [1.54, 1.807) is 6.92 Å². The van der Waals surface area contributed by atoms with Gasteiger partial charge in [0.1, 0.15) is 23.8 Å². The maximum absolute atomic E-state index is 13.3. The molecule has 2 aliphatic rings. The van der Waals surface area contributed by atoms with Gasteiger partial charge in [-0.15, -0.1) is 0 Å². The first-order chi connectivity index (χ1) is 25.5. The number of para-hydroxylation sites is 1. The molecular formula is C40H48N6O5S. The minimum absolute atomic E-state index is 0.125. The molecule has 7 rings (SSSR count). The van der Waals surface area contributed by atoms with Crippen molar-refractivity contribution in [3.63, 3.8) is 0 Å². The van der Waals surface area contributed by atoms with Crippen molar-refractivity contribution in [2.75, 3.05) is 64.6 Å². The van der Waals surface area contributed by atoms with Crippen molar-refractivity contribution < 1.29 is 24.1 Å². The zero-order valence-corrected chi connectivity index (χ0v) is 30.6. The second kappa shape index (κ2) is 17.7. The van der Waals surface area contributed by atoms with Crippen LogP contribution in [-0.2, 0) is 11.2 Å². The predicted octanol–water partition coefficient (Wildman–Crippen LogP) is 5.31. The van der Waals surface area contributed by atoms with Gasteiger partial charge in [0, 0.05) is 53.8 Å². The number of nitrogens with one attached hydrogen (secondary N) is 3. The fourth-order valence-electron chi connectivity index (χ4n) is 6.88. The van der Waals surface area contributed by atoms with Gasteiger partial charge in [-0.2, -0.15) is 0 Å². The maximum Gasteiger partial charge on any atom is 0.355 e. The lowest BCUT2D eigenvalue weighted by Crippen LogP contribution is -2.42. The van der Waals surface area contributed by atoms with Crippen LogP contribution in [0.4, 0.5) is 5.69 Å². The standard InChI is InChI=1S/C39H43N5O5S.CH5N/c1-2-47-39(46)38-31(13-7-23-48-35-14-5-9-26-8-3-4-10-29(26)35)30-11-6-12-32(37(30)40-38)36-33(24-45)41-42-34(36)25-49-28-17-15-27(16-18-28)43-19-21-44(50)22-20-43;1-2/h3-6,8-12,14-18,33,40-42,45,50H,2,7,13,19-25H2,1H3;2H2,1H3. The highest BCUT2D eigenvalue weighted by Gasteiger charge is 2.29. The molecule has 0 bridgehead atoms. The number of aromatic nitrogens is 1.